The number of carbonyl (C=O) groups excluding carboxylic acids is 1. The van der Waals surface area contributed by atoms with Crippen LogP contribution in [0.5, 0.6) is 11.5 Å². The number of amides is 1. The largest absolute Gasteiger partial charge is 0.493 e. The minimum Gasteiger partial charge on any atom is -0.493 e. The molecule has 1 heterocycles. The Morgan fingerprint density at radius 3 is 2.70 bits per heavy atom. The predicted molar refractivity (Wildman–Crippen MR) is 114 cm³/mol. The average Bonchev–Trinajstić information content (AvgIpc) is 2.77. The SMILES string of the molecule is COc1cc(C#N)ccc1OCCCC(=O)Nc1cc(F)ccc1N1CCCCC1. The van der Waals surface area contributed by atoms with E-state index >= 15 is 0 Å². The van der Waals surface area contributed by atoms with Crippen molar-refractivity contribution in [3.63, 3.8) is 0 Å². The maximum Gasteiger partial charge on any atom is 0.224 e. The van der Waals surface area contributed by atoms with Gasteiger partial charge in [0.1, 0.15) is 5.82 Å². The van der Waals surface area contributed by atoms with Gasteiger partial charge in [0.15, 0.2) is 11.5 Å². The molecule has 158 valence electrons. The standard InChI is InChI=1S/C23H26FN3O3/c1-29-22-14-17(16-25)7-10-21(22)30-13-5-6-23(28)26-19-15-18(24)8-9-20(19)27-11-3-2-4-12-27/h7-10,14-15H,2-6,11-13H2,1H3,(H,26,28). The first-order valence-corrected chi connectivity index (χ1v) is 10.2. The van der Waals surface area contributed by atoms with Gasteiger partial charge in [0.05, 0.1) is 36.7 Å². The number of halogens is 1. The Morgan fingerprint density at radius 1 is 1.17 bits per heavy atom. The van der Waals surface area contributed by atoms with Gasteiger partial charge in [0, 0.05) is 25.6 Å². The highest BCUT2D eigenvalue weighted by molar-refractivity contribution is 5.94. The summed E-state index contributed by atoms with van der Waals surface area (Å²) in [5.74, 6) is 0.440. The Hall–Kier alpha value is -3.27. The van der Waals surface area contributed by atoms with Crippen molar-refractivity contribution < 1.29 is 18.7 Å². The molecule has 0 atom stereocenters. The van der Waals surface area contributed by atoms with Crippen LogP contribution in [0.15, 0.2) is 36.4 Å². The summed E-state index contributed by atoms with van der Waals surface area (Å²) in [6.07, 6.45) is 4.13. The topological polar surface area (TPSA) is 74.6 Å². The van der Waals surface area contributed by atoms with Crippen molar-refractivity contribution in [2.45, 2.75) is 32.1 Å². The highest BCUT2D eigenvalue weighted by atomic mass is 19.1. The van der Waals surface area contributed by atoms with E-state index in [1.54, 1.807) is 24.3 Å². The maximum absolute atomic E-state index is 13.8. The van der Waals surface area contributed by atoms with Crippen LogP contribution in [-0.4, -0.2) is 32.7 Å². The van der Waals surface area contributed by atoms with E-state index in [1.165, 1.54) is 25.7 Å². The fourth-order valence-corrected chi connectivity index (χ4v) is 3.50. The number of nitrogens with one attached hydrogen (secondary N) is 1. The summed E-state index contributed by atoms with van der Waals surface area (Å²) < 4.78 is 24.7. The van der Waals surface area contributed by atoms with Gasteiger partial charge in [-0.05, 0) is 56.0 Å². The van der Waals surface area contributed by atoms with E-state index in [4.69, 9.17) is 14.7 Å². The Bertz CT molecular complexity index is 920. The van der Waals surface area contributed by atoms with Gasteiger partial charge in [0.2, 0.25) is 5.91 Å². The minimum atomic E-state index is -0.373. The Labute approximate surface area is 176 Å². The Kier molecular flexibility index (Phi) is 7.50. The molecular formula is C23H26FN3O3. The smallest absolute Gasteiger partial charge is 0.224 e. The number of methoxy groups -OCH3 is 1. The van der Waals surface area contributed by atoms with Crippen LogP contribution in [0.3, 0.4) is 0 Å². The zero-order chi connectivity index (χ0) is 21.3. The first-order valence-electron chi connectivity index (χ1n) is 10.2. The van der Waals surface area contributed by atoms with Crippen molar-refractivity contribution >= 4 is 17.3 Å². The fourth-order valence-electron chi connectivity index (χ4n) is 3.50. The number of ether oxygens (including phenoxy) is 2. The first-order chi connectivity index (χ1) is 14.6. The number of benzene rings is 2. The molecule has 0 saturated carbocycles. The van der Waals surface area contributed by atoms with Crippen LogP contribution in [-0.2, 0) is 4.79 Å². The molecule has 0 unspecified atom stereocenters. The Morgan fingerprint density at radius 2 is 1.97 bits per heavy atom. The van der Waals surface area contributed by atoms with Crippen LogP contribution >= 0.6 is 0 Å². The molecule has 0 aromatic heterocycles. The lowest BCUT2D eigenvalue weighted by molar-refractivity contribution is -0.116. The number of anilines is 2. The molecule has 0 bridgehead atoms. The molecule has 1 aliphatic heterocycles. The van der Waals surface area contributed by atoms with E-state index in [0.29, 0.717) is 35.8 Å². The molecule has 1 amide bonds. The van der Waals surface area contributed by atoms with Crippen LogP contribution in [0, 0.1) is 17.1 Å². The molecular weight excluding hydrogens is 385 g/mol. The van der Waals surface area contributed by atoms with Crippen molar-refractivity contribution in [2.75, 3.05) is 37.0 Å². The summed E-state index contributed by atoms with van der Waals surface area (Å²) in [6.45, 7) is 2.14. The monoisotopic (exact) mass is 411 g/mol. The van der Waals surface area contributed by atoms with E-state index in [-0.39, 0.29) is 18.1 Å². The van der Waals surface area contributed by atoms with Crippen molar-refractivity contribution in [1.29, 1.82) is 5.26 Å². The quantitative estimate of drug-likeness (QED) is 0.648. The molecule has 6 nitrogen and oxygen atoms in total. The summed E-state index contributed by atoms with van der Waals surface area (Å²) >= 11 is 0. The normalized spacial score (nSPS) is 13.4. The van der Waals surface area contributed by atoms with Gasteiger partial charge in [-0.2, -0.15) is 5.26 Å². The van der Waals surface area contributed by atoms with Gasteiger partial charge in [0.25, 0.3) is 0 Å². The highest BCUT2D eigenvalue weighted by Gasteiger charge is 2.16. The third-order valence-corrected chi connectivity index (χ3v) is 5.03. The number of rotatable bonds is 8. The predicted octanol–water partition coefficient (Wildman–Crippen LogP) is 4.49. The van der Waals surface area contributed by atoms with Crippen LogP contribution < -0.4 is 19.7 Å². The van der Waals surface area contributed by atoms with Crippen LogP contribution in [0.4, 0.5) is 15.8 Å². The molecule has 0 radical (unpaired) electrons. The summed E-state index contributed by atoms with van der Waals surface area (Å²) in [7, 11) is 1.51. The number of carbonyl (C=O) groups is 1. The number of nitrogens with zero attached hydrogens (tertiary/aromatic N) is 2. The van der Waals surface area contributed by atoms with E-state index in [9.17, 15) is 9.18 Å². The van der Waals surface area contributed by atoms with Crippen molar-refractivity contribution in [3.05, 3.63) is 47.8 Å². The third-order valence-electron chi connectivity index (χ3n) is 5.03. The molecule has 1 saturated heterocycles. The second kappa shape index (κ2) is 10.5. The molecule has 2 aromatic rings. The first kappa shape index (κ1) is 21.4. The van der Waals surface area contributed by atoms with Crippen LogP contribution in [0.25, 0.3) is 0 Å². The molecule has 3 rings (SSSR count). The second-order valence-corrected chi connectivity index (χ2v) is 7.19. The summed E-state index contributed by atoms with van der Waals surface area (Å²) in [4.78, 5) is 14.6. The van der Waals surface area contributed by atoms with Crippen LogP contribution in [0.2, 0.25) is 0 Å². The number of hydrogen-bond donors (Lipinski definition) is 1. The van der Waals surface area contributed by atoms with Crippen molar-refractivity contribution in [2.24, 2.45) is 0 Å². The van der Waals surface area contributed by atoms with Gasteiger partial charge in [-0.15, -0.1) is 0 Å². The molecule has 1 fully saturated rings. The lowest BCUT2D eigenvalue weighted by Gasteiger charge is -2.30. The summed E-state index contributed by atoms with van der Waals surface area (Å²) in [6, 6.07) is 11.5. The summed E-state index contributed by atoms with van der Waals surface area (Å²) in [5, 5.41) is 11.8. The lowest BCUT2D eigenvalue weighted by Crippen LogP contribution is -2.30. The number of hydrogen-bond acceptors (Lipinski definition) is 5. The molecule has 0 aliphatic carbocycles. The molecule has 2 aromatic carbocycles. The Balaban J connectivity index is 1.53. The number of nitriles is 1. The van der Waals surface area contributed by atoms with Gasteiger partial charge in [-0.1, -0.05) is 0 Å². The van der Waals surface area contributed by atoms with E-state index in [2.05, 4.69) is 10.2 Å². The molecule has 1 aliphatic rings. The summed E-state index contributed by atoms with van der Waals surface area (Å²) in [5.41, 5.74) is 1.86. The molecule has 7 heteroatoms. The molecule has 0 spiro atoms. The van der Waals surface area contributed by atoms with E-state index in [0.717, 1.165) is 31.6 Å². The zero-order valence-corrected chi connectivity index (χ0v) is 17.1. The highest BCUT2D eigenvalue weighted by Crippen LogP contribution is 2.30. The number of piperidine rings is 1. The van der Waals surface area contributed by atoms with Gasteiger partial charge < -0.3 is 19.7 Å². The van der Waals surface area contributed by atoms with E-state index < -0.39 is 0 Å². The average molecular weight is 411 g/mol. The van der Waals surface area contributed by atoms with Gasteiger partial charge >= 0.3 is 0 Å². The van der Waals surface area contributed by atoms with Gasteiger partial charge in [-0.25, -0.2) is 4.39 Å². The molecule has 1 N–H and O–H groups in total. The third kappa shape index (κ3) is 5.63. The fraction of sp³-hybridized carbons (Fsp3) is 0.391. The lowest BCUT2D eigenvalue weighted by atomic mass is 10.1. The minimum absolute atomic E-state index is 0.186. The van der Waals surface area contributed by atoms with Crippen molar-refractivity contribution in [3.8, 4) is 17.6 Å². The van der Waals surface area contributed by atoms with Gasteiger partial charge in [-0.3, -0.25) is 4.79 Å². The van der Waals surface area contributed by atoms with E-state index in [1.807, 2.05) is 6.07 Å². The maximum atomic E-state index is 13.8. The molecule has 30 heavy (non-hydrogen) atoms. The van der Waals surface area contributed by atoms with Crippen molar-refractivity contribution in [1.82, 2.24) is 0 Å². The van der Waals surface area contributed by atoms with Crippen LogP contribution in [0.1, 0.15) is 37.7 Å². The zero-order valence-electron chi connectivity index (χ0n) is 17.1. The second-order valence-electron chi connectivity index (χ2n) is 7.19.